The molecule has 0 spiro atoms. The van der Waals surface area contributed by atoms with Crippen molar-refractivity contribution in [1.29, 1.82) is 0 Å². The van der Waals surface area contributed by atoms with Crippen LogP contribution in [0.4, 0.5) is 5.00 Å². The zero-order valence-electron chi connectivity index (χ0n) is 11.1. The van der Waals surface area contributed by atoms with Crippen LogP contribution in [0.3, 0.4) is 0 Å². The highest BCUT2D eigenvalue weighted by Crippen LogP contribution is 2.38. The fourth-order valence-electron chi connectivity index (χ4n) is 2.30. The lowest BCUT2D eigenvalue weighted by molar-refractivity contribution is 0.0601. The highest BCUT2D eigenvalue weighted by Gasteiger charge is 2.27. The molecule has 0 fully saturated rings. The summed E-state index contributed by atoms with van der Waals surface area (Å²) in [5, 5.41) is -0.222. The number of hydrogen-bond donors (Lipinski definition) is 1. The second-order valence-electron chi connectivity index (χ2n) is 4.59. The Morgan fingerprint density at radius 2 is 2.05 bits per heavy atom. The van der Waals surface area contributed by atoms with Gasteiger partial charge in [0.1, 0.15) is 10.2 Å². The standard InChI is InChI=1S/C12H16ClNO4S2/c1-18-12(15)10-8-5-3-2-4-6-9(8)19-11(10)14-20(16,17)7-13/h14H,2-7H2,1H3. The first-order chi connectivity index (χ1) is 9.48. The van der Waals surface area contributed by atoms with Crippen LogP contribution in [0.2, 0.25) is 0 Å². The summed E-state index contributed by atoms with van der Waals surface area (Å²) >= 11 is 6.71. The molecule has 0 unspecified atom stereocenters. The van der Waals surface area contributed by atoms with E-state index in [0.29, 0.717) is 10.6 Å². The van der Waals surface area contributed by atoms with Gasteiger partial charge < -0.3 is 4.74 Å². The lowest BCUT2D eigenvalue weighted by atomic mass is 10.1. The van der Waals surface area contributed by atoms with Crippen molar-refractivity contribution in [2.24, 2.45) is 0 Å². The molecule has 1 aliphatic rings. The highest BCUT2D eigenvalue weighted by molar-refractivity contribution is 7.94. The fraction of sp³-hybridized carbons (Fsp3) is 0.583. The van der Waals surface area contributed by atoms with Crippen LogP contribution in [0.5, 0.6) is 0 Å². The van der Waals surface area contributed by atoms with Gasteiger partial charge in [0.05, 0.1) is 12.7 Å². The molecule has 0 bridgehead atoms. The molecule has 0 aliphatic heterocycles. The molecule has 5 nitrogen and oxygen atoms in total. The average Bonchev–Trinajstić information content (AvgIpc) is 2.60. The van der Waals surface area contributed by atoms with Gasteiger partial charge in [0.25, 0.3) is 0 Å². The van der Waals surface area contributed by atoms with E-state index in [1.165, 1.54) is 18.4 Å². The molecule has 2 rings (SSSR count). The van der Waals surface area contributed by atoms with Crippen molar-refractivity contribution in [3.05, 3.63) is 16.0 Å². The minimum atomic E-state index is -3.63. The van der Waals surface area contributed by atoms with Crippen molar-refractivity contribution >= 4 is 43.9 Å². The maximum atomic E-state index is 12.0. The molecule has 112 valence electrons. The van der Waals surface area contributed by atoms with Crippen molar-refractivity contribution < 1.29 is 17.9 Å². The maximum absolute atomic E-state index is 12.0. The predicted octanol–water partition coefficient (Wildman–Crippen LogP) is 2.74. The molecule has 0 aromatic carbocycles. The summed E-state index contributed by atoms with van der Waals surface area (Å²) in [6.07, 6.45) is 4.81. The van der Waals surface area contributed by atoms with Crippen molar-refractivity contribution in [3.63, 3.8) is 0 Å². The zero-order valence-corrected chi connectivity index (χ0v) is 13.5. The first-order valence-electron chi connectivity index (χ1n) is 6.28. The van der Waals surface area contributed by atoms with E-state index in [-0.39, 0.29) is 0 Å². The lowest BCUT2D eigenvalue weighted by Crippen LogP contribution is -2.15. The highest BCUT2D eigenvalue weighted by atomic mass is 35.5. The number of methoxy groups -OCH3 is 1. The molecule has 0 atom stereocenters. The molecule has 1 N–H and O–H groups in total. The Labute approximate surface area is 127 Å². The van der Waals surface area contributed by atoms with Gasteiger partial charge in [0.15, 0.2) is 0 Å². The first kappa shape index (κ1) is 15.6. The quantitative estimate of drug-likeness (QED) is 0.521. The van der Waals surface area contributed by atoms with Crippen molar-refractivity contribution in [2.45, 2.75) is 32.1 Å². The molecule has 0 amide bonds. The van der Waals surface area contributed by atoms with E-state index in [1.807, 2.05) is 0 Å². The molecular formula is C12H16ClNO4S2. The van der Waals surface area contributed by atoms with E-state index < -0.39 is 21.2 Å². The van der Waals surface area contributed by atoms with Crippen molar-refractivity contribution in [2.75, 3.05) is 17.0 Å². The number of halogens is 1. The molecular weight excluding hydrogens is 322 g/mol. The number of ether oxygens (including phenoxy) is 1. The summed E-state index contributed by atoms with van der Waals surface area (Å²) in [6, 6.07) is 0. The van der Waals surface area contributed by atoms with E-state index in [9.17, 15) is 13.2 Å². The second-order valence-corrected chi connectivity index (χ2v) is 8.00. The Kier molecular flexibility index (Phi) is 4.93. The van der Waals surface area contributed by atoms with Crippen LogP contribution in [-0.4, -0.2) is 26.7 Å². The third kappa shape index (κ3) is 3.27. The maximum Gasteiger partial charge on any atom is 0.341 e. The number of anilines is 1. The number of nitrogens with one attached hydrogen (secondary N) is 1. The van der Waals surface area contributed by atoms with Crippen LogP contribution < -0.4 is 4.72 Å². The Hall–Kier alpha value is -0.790. The molecule has 20 heavy (non-hydrogen) atoms. The summed E-state index contributed by atoms with van der Waals surface area (Å²) < 4.78 is 30.4. The first-order valence-corrected chi connectivity index (χ1v) is 9.28. The summed E-state index contributed by atoms with van der Waals surface area (Å²) in [4.78, 5) is 13.0. The van der Waals surface area contributed by atoms with Gasteiger partial charge in [0, 0.05) is 4.88 Å². The van der Waals surface area contributed by atoms with Gasteiger partial charge in [-0.15, -0.1) is 22.9 Å². The number of thiophene rings is 1. The van der Waals surface area contributed by atoms with E-state index in [2.05, 4.69) is 4.72 Å². The Morgan fingerprint density at radius 3 is 2.70 bits per heavy atom. The summed E-state index contributed by atoms with van der Waals surface area (Å²) in [7, 11) is -2.33. The Morgan fingerprint density at radius 1 is 1.35 bits per heavy atom. The average molecular weight is 338 g/mol. The Balaban J connectivity index is 2.48. The number of alkyl halides is 1. The molecule has 1 aromatic heterocycles. The molecule has 1 heterocycles. The smallest absolute Gasteiger partial charge is 0.341 e. The number of aryl methyl sites for hydroxylation is 1. The largest absolute Gasteiger partial charge is 0.465 e. The van der Waals surface area contributed by atoms with Gasteiger partial charge >= 0.3 is 5.97 Å². The van der Waals surface area contributed by atoms with E-state index >= 15 is 0 Å². The molecule has 8 heteroatoms. The zero-order chi connectivity index (χ0) is 14.8. The molecule has 1 aliphatic carbocycles. The van der Waals surface area contributed by atoms with Gasteiger partial charge in [-0.25, -0.2) is 13.2 Å². The molecule has 0 radical (unpaired) electrons. The van der Waals surface area contributed by atoms with Crippen LogP contribution in [0.25, 0.3) is 0 Å². The number of rotatable bonds is 4. The van der Waals surface area contributed by atoms with Crippen LogP contribution in [0, 0.1) is 0 Å². The third-order valence-electron chi connectivity index (χ3n) is 3.20. The van der Waals surface area contributed by atoms with Crippen molar-refractivity contribution in [1.82, 2.24) is 0 Å². The Bertz CT molecular complexity index is 609. The van der Waals surface area contributed by atoms with Crippen LogP contribution in [0.1, 0.15) is 40.1 Å². The number of esters is 1. The predicted molar refractivity (Wildman–Crippen MR) is 80.2 cm³/mol. The van der Waals surface area contributed by atoms with Gasteiger partial charge in [-0.3, -0.25) is 4.72 Å². The summed E-state index contributed by atoms with van der Waals surface area (Å²) in [5.41, 5.74) is 1.27. The van der Waals surface area contributed by atoms with Crippen molar-refractivity contribution in [3.8, 4) is 0 Å². The van der Waals surface area contributed by atoms with E-state index in [0.717, 1.165) is 42.5 Å². The molecule has 0 saturated carbocycles. The van der Waals surface area contributed by atoms with Crippen LogP contribution >= 0.6 is 22.9 Å². The number of fused-ring (bicyclic) bond motifs is 1. The summed E-state index contributed by atoms with van der Waals surface area (Å²) in [5.74, 6) is -0.503. The van der Waals surface area contributed by atoms with Gasteiger partial charge in [-0.2, -0.15) is 0 Å². The van der Waals surface area contributed by atoms with Gasteiger partial charge in [-0.1, -0.05) is 6.42 Å². The van der Waals surface area contributed by atoms with E-state index in [1.54, 1.807) is 0 Å². The third-order valence-corrected chi connectivity index (χ3v) is 6.20. The number of carbonyl (C=O) groups excluding carboxylic acids is 1. The van der Waals surface area contributed by atoms with Gasteiger partial charge in [-0.05, 0) is 31.2 Å². The number of carbonyl (C=O) groups is 1. The van der Waals surface area contributed by atoms with Crippen LogP contribution in [0.15, 0.2) is 0 Å². The lowest BCUT2D eigenvalue weighted by Gasteiger charge is -2.07. The fourth-order valence-corrected chi connectivity index (χ4v) is 4.58. The van der Waals surface area contributed by atoms with E-state index in [4.69, 9.17) is 16.3 Å². The number of hydrogen-bond acceptors (Lipinski definition) is 5. The molecule has 1 aromatic rings. The minimum absolute atomic E-state index is 0.324. The monoisotopic (exact) mass is 337 g/mol. The SMILES string of the molecule is COC(=O)c1c(NS(=O)(=O)CCl)sc2c1CCCCC2. The van der Waals surface area contributed by atoms with Crippen LogP contribution in [-0.2, 0) is 27.6 Å². The second kappa shape index (κ2) is 6.32. The van der Waals surface area contributed by atoms with Gasteiger partial charge in [0.2, 0.25) is 10.0 Å². The summed E-state index contributed by atoms with van der Waals surface area (Å²) in [6.45, 7) is 0. The normalized spacial score (nSPS) is 15.3. The topological polar surface area (TPSA) is 72.5 Å². The minimum Gasteiger partial charge on any atom is -0.465 e. The molecule has 0 saturated heterocycles. The number of sulfonamides is 1.